The van der Waals surface area contributed by atoms with Crippen LogP contribution in [0.1, 0.15) is 53.6 Å². The van der Waals surface area contributed by atoms with Crippen LogP contribution >= 0.6 is 11.3 Å². The van der Waals surface area contributed by atoms with E-state index in [0.29, 0.717) is 17.7 Å². The third-order valence-electron chi connectivity index (χ3n) is 6.74. The quantitative estimate of drug-likeness (QED) is 0.220. The lowest BCUT2D eigenvalue weighted by Crippen LogP contribution is -2.58. The summed E-state index contributed by atoms with van der Waals surface area (Å²) in [6.07, 6.45) is -1.34. The second-order valence-electron chi connectivity index (χ2n) is 11.1. The van der Waals surface area contributed by atoms with Crippen LogP contribution < -0.4 is 16.0 Å². The van der Waals surface area contributed by atoms with Gasteiger partial charge in [-0.05, 0) is 59.7 Å². The van der Waals surface area contributed by atoms with Gasteiger partial charge in [0.05, 0.1) is 17.0 Å². The zero-order valence-corrected chi connectivity index (χ0v) is 24.2. The molecule has 8 nitrogen and oxygen atoms in total. The number of nitrogens with one attached hydrogen (secondary N) is 3. The minimum absolute atomic E-state index is 0.176. The summed E-state index contributed by atoms with van der Waals surface area (Å²) in [4.78, 5) is 38.5. The van der Waals surface area contributed by atoms with Crippen molar-refractivity contribution in [2.24, 2.45) is 5.41 Å². The summed E-state index contributed by atoms with van der Waals surface area (Å²) < 4.78 is 0. The summed E-state index contributed by atoms with van der Waals surface area (Å²) in [5, 5.41) is 31.1. The van der Waals surface area contributed by atoms with Gasteiger partial charge in [0, 0.05) is 6.04 Å². The highest BCUT2D eigenvalue weighted by Gasteiger charge is 2.35. The smallest absolute Gasteiger partial charge is 0.405 e. The number of hydrogen-bond acceptors (Lipinski definition) is 5. The summed E-state index contributed by atoms with van der Waals surface area (Å²) in [6, 6.07) is 18.9. The van der Waals surface area contributed by atoms with E-state index in [0.717, 1.165) is 16.7 Å². The fourth-order valence-electron chi connectivity index (χ4n) is 4.62. The van der Waals surface area contributed by atoms with Gasteiger partial charge in [-0.25, -0.2) is 4.79 Å². The lowest BCUT2D eigenvalue weighted by molar-refractivity contribution is -0.127. The van der Waals surface area contributed by atoms with Crippen molar-refractivity contribution >= 4 is 29.2 Å². The zero-order chi connectivity index (χ0) is 29.3. The highest BCUT2D eigenvalue weighted by molar-refractivity contribution is 7.12. The summed E-state index contributed by atoms with van der Waals surface area (Å²) in [5.74, 6) is -0.726. The van der Waals surface area contributed by atoms with Crippen molar-refractivity contribution in [3.63, 3.8) is 0 Å². The first-order valence-electron chi connectivity index (χ1n) is 13.3. The minimum Gasteiger partial charge on any atom is -0.465 e. The summed E-state index contributed by atoms with van der Waals surface area (Å²) in [7, 11) is 0. The minimum atomic E-state index is -1.30. The molecule has 5 N–H and O–H groups in total. The molecule has 0 radical (unpaired) electrons. The van der Waals surface area contributed by atoms with E-state index >= 15 is 0 Å². The van der Waals surface area contributed by atoms with E-state index in [1.165, 1.54) is 11.3 Å². The number of aliphatic hydroxyl groups excluding tert-OH is 1. The van der Waals surface area contributed by atoms with Crippen LogP contribution in [0.2, 0.25) is 0 Å². The molecule has 3 amide bonds. The number of hydrogen-bond donors (Lipinski definition) is 5. The van der Waals surface area contributed by atoms with Gasteiger partial charge in [0.25, 0.3) is 5.91 Å². The van der Waals surface area contributed by atoms with Crippen molar-refractivity contribution in [1.29, 1.82) is 0 Å². The first-order valence-corrected chi connectivity index (χ1v) is 14.2. The molecule has 0 unspecified atom stereocenters. The molecule has 1 aromatic heterocycles. The first kappa shape index (κ1) is 30.8. The Morgan fingerprint density at radius 3 is 1.93 bits per heavy atom. The predicted octanol–water partition coefficient (Wildman–Crippen LogP) is 4.56. The van der Waals surface area contributed by atoms with Crippen molar-refractivity contribution in [3.05, 3.63) is 93.7 Å². The van der Waals surface area contributed by atoms with Crippen LogP contribution in [-0.4, -0.2) is 52.4 Å². The Balaban J connectivity index is 1.86. The number of benzene rings is 2. The van der Waals surface area contributed by atoms with Gasteiger partial charge in [-0.15, -0.1) is 11.3 Å². The SMILES string of the molecule is Cc1ccsc1C(=O)N[C@@H](Cc1ccccc1)C[C@@H](O)[C@H](Cc1ccccc1)NC(=O)[C@@H](NC(=O)O)C(C)(C)C. The molecule has 40 heavy (non-hydrogen) atoms. The molecule has 4 atom stereocenters. The van der Waals surface area contributed by atoms with E-state index in [-0.39, 0.29) is 12.3 Å². The van der Waals surface area contributed by atoms with Gasteiger partial charge in [0.1, 0.15) is 6.04 Å². The number of carbonyl (C=O) groups is 3. The van der Waals surface area contributed by atoms with Crippen molar-refractivity contribution in [2.45, 2.75) is 71.2 Å². The number of aryl methyl sites for hydroxylation is 1. The van der Waals surface area contributed by atoms with E-state index in [9.17, 15) is 24.6 Å². The first-order chi connectivity index (χ1) is 18.9. The highest BCUT2D eigenvalue weighted by Crippen LogP contribution is 2.21. The van der Waals surface area contributed by atoms with E-state index in [2.05, 4.69) is 16.0 Å². The van der Waals surface area contributed by atoms with Crippen LogP contribution in [-0.2, 0) is 17.6 Å². The molecule has 3 rings (SSSR count). The summed E-state index contributed by atoms with van der Waals surface area (Å²) in [5.41, 5.74) is 2.09. The van der Waals surface area contributed by atoms with Crippen LogP contribution in [0.25, 0.3) is 0 Å². The molecule has 1 heterocycles. The molecule has 0 bridgehead atoms. The van der Waals surface area contributed by atoms with Gasteiger partial charge in [-0.1, -0.05) is 81.4 Å². The molecule has 9 heteroatoms. The van der Waals surface area contributed by atoms with E-state index in [1.54, 1.807) is 20.8 Å². The Kier molecular flexibility index (Phi) is 10.9. The molecular formula is C31H39N3O5S. The monoisotopic (exact) mass is 565 g/mol. The standard InChI is InChI=1S/C31H39N3O5S/c1-20-15-16-40-26(20)28(36)32-23(17-21-11-7-5-8-12-21)19-25(35)24(18-22-13-9-6-10-14-22)33-29(37)27(31(2,3)4)34-30(38)39/h5-16,23-25,27,34-35H,17-19H2,1-4H3,(H,32,36)(H,33,37)(H,38,39)/t23-,24-,25+,27+/m0/s1. The lowest BCUT2D eigenvalue weighted by Gasteiger charge is -2.33. The van der Waals surface area contributed by atoms with Gasteiger partial charge in [0.15, 0.2) is 0 Å². The fraction of sp³-hybridized carbons (Fsp3) is 0.387. The number of carboxylic acid groups (broad SMARTS) is 1. The Hall–Kier alpha value is -3.69. The molecule has 3 aromatic rings. The number of carbonyl (C=O) groups excluding carboxylic acids is 2. The topological polar surface area (TPSA) is 128 Å². The van der Waals surface area contributed by atoms with Crippen LogP contribution in [0.3, 0.4) is 0 Å². The molecule has 0 aliphatic carbocycles. The molecule has 0 saturated carbocycles. The number of aliphatic hydroxyl groups is 1. The number of amides is 3. The van der Waals surface area contributed by atoms with E-state index < -0.39 is 41.6 Å². The number of rotatable bonds is 12. The predicted molar refractivity (Wildman–Crippen MR) is 158 cm³/mol. The summed E-state index contributed by atoms with van der Waals surface area (Å²) >= 11 is 1.37. The van der Waals surface area contributed by atoms with Crippen molar-refractivity contribution in [1.82, 2.24) is 16.0 Å². The van der Waals surface area contributed by atoms with Gasteiger partial charge in [-0.3, -0.25) is 9.59 Å². The Morgan fingerprint density at radius 2 is 1.43 bits per heavy atom. The zero-order valence-electron chi connectivity index (χ0n) is 23.4. The Labute approximate surface area is 239 Å². The van der Waals surface area contributed by atoms with E-state index in [4.69, 9.17) is 0 Å². The third kappa shape index (κ3) is 9.20. The molecule has 0 fully saturated rings. The molecule has 0 aliphatic rings. The van der Waals surface area contributed by atoms with Crippen molar-refractivity contribution < 1.29 is 24.6 Å². The maximum absolute atomic E-state index is 13.4. The summed E-state index contributed by atoms with van der Waals surface area (Å²) in [6.45, 7) is 7.20. The lowest BCUT2D eigenvalue weighted by atomic mass is 9.85. The average molecular weight is 566 g/mol. The van der Waals surface area contributed by atoms with Gasteiger partial charge in [0.2, 0.25) is 5.91 Å². The van der Waals surface area contributed by atoms with Crippen LogP contribution in [0.5, 0.6) is 0 Å². The molecule has 0 aliphatic heterocycles. The van der Waals surface area contributed by atoms with Crippen molar-refractivity contribution in [2.75, 3.05) is 0 Å². The third-order valence-corrected chi connectivity index (χ3v) is 7.76. The van der Waals surface area contributed by atoms with Crippen LogP contribution in [0, 0.1) is 12.3 Å². The van der Waals surface area contributed by atoms with Crippen LogP contribution in [0.4, 0.5) is 4.79 Å². The maximum atomic E-state index is 13.4. The highest BCUT2D eigenvalue weighted by atomic mass is 32.1. The van der Waals surface area contributed by atoms with Crippen molar-refractivity contribution in [3.8, 4) is 0 Å². The molecule has 2 aromatic carbocycles. The Morgan fingerprint density at radius 1 is 0.850 bits per heavy atom. The largest absolute Gasteiger partial charge is 0.465 e. The van der Waals surface area contributed by atoms with Gasteiger partial charge in [-0.2, -0.15) is 0 Å². The normalized spacial score (nSPS) is 14.4. The molecule has 0 spiro atoms. The van der Waals surface area contributed by atoms with Gasteiger partial charge < -0.3 is 26.2 Å². The molecular weight excluding hydrogens is 526 g/mol. The second kappa shape index (κ2) is 14.1. The fourth-order valence-corrected chi connectivity index (χ4v) is 5.45. The van der Waals surface area contributed by atoms with E-state index in [1.807, 2.05) is 79.0 Å². The number of thiophene rings is 1. The molecule has 0 saturated heterocycles. The van der Waals surface area contributed by atoms with Gasteiger partial charge >= 0.3 is 6.09 Å². The average Bonchev–Trinajstić information content (AvgIpc) is 3.33. The second-order valence-corrected chi connectivity index (χ2v) is 12.1. The van der Waals surface area contributed by atoms with Crippen LogP contribution in [0.15, 0.2) is 72.1 Å². The molecule has 214 valence electrons. The maximum Gasteiger partial charge on any atom is 0.405 e. The Bertz CT molecular complexity index is 1260.